The molecule has 36 heavy (non-hydrogen) atoms. The van der Waals surface area contributed by atoms with Crippen molar-refractivity contribution in [1.29, 1.82) is 0 Å². The van der Waals surface area contributed by atoms with Gasteiger partial charge in [-0.1, -0.05) is 28.9 Å². The maximum Gasteiger partial charge on any atom is 0.254 e. The SMILES string of the molecule is COCCOc1cc2[nH]nc(-c3cc(-c4ccc(C(=O)N5CCOC[C@@H]5CO)cc4)no3)c2cc1Cl. The van der Waals surface area contributed by atoms with Crippen molar-refractivity contribution in [1.82, 2.24) is 20.3 Å². The van der Waals surface area contributed by atoms with Gasteiger partial charge in [0.1, 0.15) is 23.7 Å². The molecule has 1 aliphatic rings. The number of fused-ring (bicyclic) bond motifs is 1. The van der Waals surface area contributed by atoms with Crippen molar-refractivity contribution in [3.05, 3.63) is 53.1 Å². The number of nitrogens with zero attached hydrogens (tertiary/aromatic N) is 3. The average molecular weight is 513 g/mol. The number of aliphatic hydroxyl groups is 1. The number of aromatic nitrogens is 3. The standard InChI is InChI=1S/C25H25ClN4O6/c1-33-8-9-35-22-12-21-18(10-19(22)26)24(28-27-21)23-11-20(29-36-23)15-2-4-16(5-3-15)25(32)30-6-7-34-14-17(30)13-31/h2-5,10-12,17,31H,6-9,13-14H2,1H3,(H,27,28)/t17-/m0/s1. The third kappa shape index (κ3) is 4.80. The molecule has 0 aliphatic carbocycles. The number of aromatic amines is 1. The van der Waals surface area contributed by atoms with E-state index in [1.165, 1.54) is 0 Å². The number of carbonyl (C=O) groups is 1. The molecule has 2 aromatic heterocycles. The Labute approximate surface area is 211 Å². The maximum absolute atomic E-state index is 12.9. The maximum atomic E-state index is 12.9. The number of morpholine rings is 1. The zero-order valence-corrected chi connectivity index (χ0v) is 20.3. The van der Waals surface area contributed by atoms with E-state index >= 15 is 0 Å². The second-order valence-corrected chi connectivity index (χ2v) is 8.71. The Bertz CT molecular complexity index is 1350. The number of H-pyrrole nitrogens is 1. The zero-order valence-electron chi connectivity index (χ0n) is 19.6. The summed E-state index contributed by atoms with van der Waals surface area (Å²) in [6.45, 7) is 1.93. The number of aliphatic hydroxyl groups excluding tert-OH is 1. The summed E-state index contributed by atoms with van der Waals surface area (Å²) in [7, 11) is 1.60. The molecule has 0 spiro atoms. The second-order valence-electron chi connectivity index (χ2n) is 8.31. The van der Waals surface area contributed by atoms with Crippen molar-refractivity contribution in [3.63, 3.8) is 0 Å². The van der Waals surface area contributed by atoms with Crippen molar-refractivity contribution in [2.75, 3.05) is 46.7 Å². The fourth-order valence-corrected chi connectivity index (χ4v) is 4.32. The summed E-state index contributed by atoms with van der Waals surface area (Å²) >= 11 is 6.41. The highest BCUT2D eigenvalue weighted by Crippen LogP contribution is 2.35. The van der Waals surface area contributed by atoms with E-state index in [4.69, 9.17) is 30.3 Å². The summed E-state index contributed by atoms with van der Waals surface area (Å²) in [6.07, 6.45) is 0. The van der Waals surface area contributed by atoms with Crippen LogP contribution in [0.1, 0.15) is 10.4 Å². The Kier molecular flexibility index (Phi) is 7.19. The lowest BCUT2D eigenvalue weighted by Crippen LogP contribution is -2.50. The molecule has 1 amide bonds. The average Bonchev–Trinajstić information content (AvgIpc) is 3.56. The van der Waals surface area contributed by atoms with Crippen LogP contribution in [0.15, 0.2) is 47.0 Å². The Morgan fingerprint density at radius 2 is 2.08 bits per heavy atom. The topological polar surface area (TPSA) is 123 Å². The van der Waals surface area contributed by atoms with E-state index in [9.17, 15) is 9.90 Å². The van der Waals surface area contributed by atoms with Crippen molar-refractivity contribution in [3.8, 4) is 28.5 Å². The van der Waals surface area contributed by atoms with Crippen LogP contribution in [0.4, 0.5) is 0 Å². The van der Waals surface area contributed by atoms with Gasteiger partial charge in [0.05, 0.1) is 43.0 Å². The van der Waals surface area contributed by atoms with E-state index in [0.717, 1.165) is 16.5 Å². The number of nitrogens with one attached hydrogen (secondary N) is 1. The van der Waals surface area contributed by atoms with Crippen molar-refractivity contribution >= 4 is 28.4 Å². The summed E-state index contributed by atoms with van der Waals surface area (Å²) in [5.41, 5.74) is 3.23. The molecular formula is C25H25ClN4O6. The smallest absolute Gasteiger partial charge is 0.254 e. The van der Waals surface area contributed by atoms with Gasteiger partial charge in [0.25, 0.3) is 5.91 Å². The Balaban J connectivity index is 1.35. The molecule has 10 nitrogen and oxygen atoms in total. The Hall–Kier alpha value is -3.44. The van der Waals surface area contributed by atoms with Crippen molar-refractivity contribution in [2.45, 2.75) is 6.04 Å². The number of amides is 1. The first-order valence-corrected chi connectivity index (χ1v) is 11.8. The highest BCUT2D eigenvalue weighted by Gasteiger charge is 2.27. The van der Waals surface area contributed by atoms with Gasteiger partial charge < -0.3 is 28.7 Å². The number of benzene rings is 2. The number of hydrogen-bond donors (Lipinski definition) is 2. The third-order valence-electron chi connectivity index (χ3n) is 6.03. The molecule has 0 bridgehead atoms. The van der Waals surface area contributed by atoms with Gasteiger partial charge in [0.2, 0.25) is 0 Å². The molecular weight excluding hydrogens is 488 g/mol. The van der Waals surface area contributed by atoms with Crippen LogP contribution in [0.5, 0.6) is 5.75 Å². The van der Waals surface area contributed by atoms with Gasteiger partial charge in [-0.05, 0) is 18.2 Å². The summed E-state index contributed by atoms with van der Waals surface area (Å²) in [6, 6.07) is 12.1. The molecule has 0 saturated carbocycles. The van der Waals surface area contributed by atoms with Crippen molar-refractivity contribution < 1.29 is 28.6 Å². The van der Waals surface area contributed by atoms with Gasteiger partial charge in [-0.25, -0.2) is 0 Å². The Morgan fingerprint density at radius 3 is 2.86 bits per heavy atom. The predicted molar refractivity (Wildman–Crippen MR) is 132 cm³/mol. The molecule has 2 N–H and O–H groups in total. The summed E-state index contributed by atoms with van der Waals surface area (Å²) in [5.74, 6) is 0.863. The molecule has 1 aliphatic heterocycles. The highest BCUT2D eigenvalue weighted by atomic mass is 35.5. The normalized spacial score (nSPS) is 16.0. The van der Waals surface area contributed by atoms with Crippen LogP contribution in [0.3, 0.4) is 0 Å². The fourth-order valence-electron chi connectivity index (χ4n) is 4.10. The Morgan fingerprint density at radius 1 is 1.25 bits per heavy atom. The van der Waals surface area contributed by atoms with Gasteiger partial charge in [-0.2, -0.15) is 5.10 Å². The van der Waals surface area contributed by atoms with Crippen LogP contribution < -0.4 is 4.74 Å². The molecule has 1 saturated heterocycles. The van der Waals surface area contributed by atoms with Gasteiger partial charge in [0.15, 0.2) is 5.76 Å². The number of methoxy groups -OCH3 is 1. The third-order valence-corrected chi connectivity index (χ3v) is 6.33. The van der Waals surface area contributed by atoms with E-state index in [-0.39, 0.29) is 18.6 Å². The van der Waals surface area contributed by atoms with Crippen molar-refractivity contribution in [2.24, 2.45) is 0 Å². The number of carbonyl (C=O) groups excluding carboxylic acids is 1. The zero-order chi connectivity index (χ0) is 25.1. The first kappa shape index (κ1) is 24.3. The summed E-state index contributed by atoms with van der Waals surface area (Å²) in [5, 5.41) is 22.3. The lowest BCUT2D eigenvalue weighted by molar-refractivity contribution is -0.0183. The summed E-state index contributed by atoms with van der Waals surface area (Å²) < 4.78 is 21.6. The molecule has 5 rings (SSSR count). The van der Waals surface area contributed by atoms with Crippen LogP contribution in [-0.4, -0.2) is 84.0 Å². The molecule has 2 aromatic carbocycles. The molecule has 188 valence electrons. The van der Waals surface area contributed by atoms with E-state index in [0.29, 0.717) is 66.5 Å². The largest absolute Gasteiger partial charge is 0.490 e. The number of rotatable bonds is 8. The predicted octanol–water partition coefficient (Wildman–Crippen LogP) is 3.40. The van der Waals surface area contributed by atoms with Gasteiger partial charge in [-0.15, -0.1) is 0 Å². The van der Waals surface area contributed by atoms with E-state index in [1.54, 1.807) is 42.3 Å². The fraction of sp³-hybridized carbons (Fsp3) is 0.320. The first-order chi connectivity index (χ1) is 17.6. The molecule has 3 heterocycles. The van der Waals surface area contributed by atoms with Crippen LogP contribution in [-0.2, 0) is 9.47 Å². The lowest BCUT2D eigenvalue weighted by Gasteiger charge is -2.34. The minimum atomic E-state index is -0.339. The van der Waals surface area contributed by atoms with Crippen LogP contribution in [0, 0.1) is 0 Å². The minimum absolute atomic E-state index is 0.138. The monoisotopic (exact) mass is 512 g/mol. The van der Waals surface area contributed by atoms with E-state index < -0.39 is 0 Å². The number of hydrogen-bond acceptors (Lipinski definition) is 8. The summed E-state index contributed by atoms with van der Waals surface area (Å²) in [4.78, 5) is 14.6. The van der Waals surface area contributed by atoms with Gasteiger partial charge in [-0.3, -0.25) is 9.89 Å². The highest BCUT2D eigenvalue weighted by molar-refractivity contribution is 6.33. The van der Waals surface area contributed by atoms with E-state index in [2.05, 4.69) is 15.4 Å². The van der Waals surface area contributed by atoms with Crippen LogP contribution in [0.2, 0.25) is 5.02 Å². The minimum Gasteiger partial charge on any atom is -0.490 e. The lowest BCUT2D eigenvalue weighted by atomic mass is 10.1. The van der Waals surface area contributed by atoms with Crippen LogP contribution >= 0.6 is 11.6 Å². The quantitative estimate of drug-likeness (QED) is 0.344. The first-order valence-electron chi connectivity index (χ1n) is 11.5. The van der Waals surface area contributed by atoms with E-state index in [1.807, 2.05) is 12.1 Å². The van der Waals surface area contributed by atoms with Gasteiger partial charge in [0, 0.05) is 42.3 Å². The van der Waals surface area contributed by atoms with Crippen LogP contribution in [0.25, 0.3) is 33.6 Å². The molecule has 11 heteroatoms. The molecule has 1 atom stereocenters. The molecule has 0 radical (unpaired) electrons. The molecule has 1 fully saturated rings. The second kappa shape index (κ2) is 10.7. The number of halogens is 1. The molecule has 4 aromatic rings. The van der Waals surface area contributed by atoms with Gasteiger partial charge >= 0.3 is 0 Å². The molecule has 0 unspecified atom stereocenters. The number of ether oxygens (including phenoxy) is 3.